The molecular weight excluding hydrogens is 416 g/mol. The van der Waals surface area contributed by atoms with Gasteiger partial charge in [-0.15, -0.1) is 11.3 Å². The van der Waals surface area contributed by atoms with Gasteiger partial charge in [0.05, 0.1) is 32.1 Å². The number of hydrogen-bond acceptors (Lipinski definition) is 6. The maximum atomic E-state index is 13.1. The minimum absolute atomic E-state index is 0.0473. The molecule has 1 N–H and O–H groups in total. The van der Waals surface area contributed by atoms with Crippen molar-refractivity contribution < 1.29 is 23.8 Å². The number of carbonyl (C=O) groups excluding carboxylic acids is 2. The van der Waals surface area contributed by atoms with Gasteiger partial charge < -0.3 is 24.4 Å². The first-order chi connectivity index (χ1) is 14.9. The van der Waals surface area contributed by atoms with Crippen LogP contribution in [0.4, 0.5) is 0 Å². The predicted octanol–water partition coefficient (Wildman–Crippen LogP) is 3.40. The molecular formula is C23H30N2O5S. The molecule has 0 radical (unpaired) electrons. The largest absolute Gasteiger partial charge is 0.493 e. The van der Waals surface area contributed by atoms with Crippen LogP contribution in [0.3, 0.4) is 0 Å². The lowest BCUT2D eigenvalue weighted by atomic mass is 9.87. The first-order valence-corrected chi connectivity index (χ1v) is 11.2. The highest BCUT2D eigenvalue weighted by Gasteiger charge is 2.41. The Hall–Kier alpha value is -2.74. The van der Waals surface area contributed by atoms with E-state index in [0.29, 0.717) is 47.7 Å². The molecule has 1 fully saturated rings. The van der Waals surface area contributed by atoms with Crippen LogP contribution in [-0.2, 0) is 4.79 Å². The van der Waals surface area contributed by atoms with Crippen molar-refractivity contribution in [1.82, 2.24) is 10.2 Å². The fourth-order valence-electron chi connectivity index (χ4n) is 3.88. The fraction of sp³-hybridized carbons (Fsp3) is 0.478. The summed E-state index contributed by atoms with van der Waals surface area (Å²) in [6.07, 6.45) is 0. The van der Waals surface area contributed by atoms with E-state index in [1.54, 1.807) is 26.2 Å². The van der Waals surface area contributed by atoms with Gasteiger partial charge in [-0.05, 0) is 35.1 Å². The maximum absolute atomic E-state index is 13.1. The third-order valence-corrected chi connectivity index (χ3v) is 6.33. The summed E-state index contributed by atoms with van der Waals surface area (Å²) >= 11 is 1.41. The molecule has 1 aromatic carbocycles. The van der Waals surface area contributed by atoms with E-state index in [9.17, 15) is 9.59 Å². The highest BCUT2D eigenvalue weighted by Crippen LogP contribution is 2.43. The minimum Gasteiger partial charge on any atom is -0.493 e. The number of methoxy groups -OCH3 is 3. The fourth-order valence-corrected chi connectivity index (χ4v) is 4.57. The van der Waals surface area contributed by atoms with Gasteiger partial charge in [-0.2, -0.15) is 0 Å². The van der Waals surface area contributed by atoms with Gasteiger partial charge in [-0.1, -0.05) is 19.9 Å². The number of thiophene rings is 1. The average molecular weight is 447 g/mol. The van der Waals surface area contributed by atoms with Crippen molar-refractivity contribution in [1.29, 1.82) is 0 Å². The summed E-state index contributed by atoms with van der Waals surface area (Å²) < 4.78 is 16.4. The molecule has 2 amide bonds. The standard InChI is InChI=1S/C23H30N2O5S/c1-14(2)11-24-22(26)17-13-25(23(27)20-7-6-8-31-20)12-16(17)15-9-18(28-3)21(30-5)19(10-15)29-4/h6-10,14,16-17H,11-13H2,1-5H3,(H,24,26)/t16-,17+/m0/s1. The quantitative estimate of drug-likeness (QED) is 0.673. The molecule has 0 saturated carbocycles. The molecule has 8 heteroatoms. The van der Waals surface area contributed by atoms with Crippen LogP contribution in [0.15, 0.2) is 29.6 Å². The van der Waals surface area contributed by atoms with Crippen LogP contribution in [0, 0.1) is 11.8 Å². The van der Waals surface area contributed by atoms with E-state index in [1.807, 2.05) is 29.6 Å². The van der Waals surface area contributed by atoms with Crippen LogP contribution in [0.25, 0.3) is 0 Å². The zero-order valence-electron chi connectivity index (χ0n) is 18.6. The van der Waals surface area contributed by atoms with Gasteiger partial charge in [0.2, 0.25) is 11.7 Å². The summed E-state index contributed by atoms with van der Waals surface area (Å²) in [4.78, 5) is 28.5. The average Bonchev–Trinajstić information content (AvgIpc) is 3.46. The number of benzene rings is 1. The van der Waals surface area contributed by atoms with Crippen LogP contribution >= 0.6 is 11.3 Å². The number of rotatable bonds is 8. The second-order valence-corrected chi connectivity index (χ2v) is 8.95. The van der Waals surface area contributed by atoms with Crippen molar-refractivity contribution in [2.75, 3.05) is 41.0 Å². The van der Waals surface area contributed by atoms with E-state index < -0.39 is 0 Å². The molecule has 0 bridgehead atoms. The smallest absolute Gasteiger partial charge is 0.263 e. The van der Waals surface area contributed by atoms with Crippen molar-refractivity contribution in [2.24, 2.45) is 11.8 Å². The Labute approximate surface area is 187 Å². The number of nitrogens with zero attached hydrogens (tertiary/aromatic N) is 1. The van der Waals surface area contributed by atoms with E-state index in [4.69, 9.17) is 14.2 Å². The summed E-state index contributed by atoms with van der Waals surface area (Å²) in [5, 5.41) is 4.92. The number of nitrogens with one attached hydrogen (secondary N) is 1. The Morgan fingerprint density at radius 2 is 1.81 bits per heavy atom. The molecule has 0 unspecified atom stereocenters. The van der Waals surface area contributed by atoms with E-state index in [0.717, 1.165) is 5.56 Å². The molecule has 31 heavy (non-hydrogen) atoms. The lowest BCUT2D eigenvalue weighted by molar-refractivity contribution is -0.125. The number of carbonyl (C=O) groups is 2. The molecule has 2 atom stereocenters. The molecule has 168 valence electrons. The van der Waals surface area contributed by atoms with Crippen molar-refractivity contribution in [3.63, 3.8) is 0 Å². The van der Waals surface area contributed by atoms with E-state index in [-0.39, 0.29) is 23.7 Å². The third kappa shape index (κ3) is 4.95. The normalized spacial score (nSPS) is 18.2. The number of hydrogen-bond donors (Lipinski definition) is 1. The van der Waals surface area contributed by atoms with Crippen molar-refractivity contribution in [3.05, 3.63) is 40.1 Å². The highest BCUT2D eigenvalue weighted by molar-refractivity contribution is 7.12. The van der Waals surface area contributed by atoms with Crippen LogP contribution in [-0.4, -0.2) is 57.7 Å². The van der Waals surface area contributed by atoms with E-state index in [1.165, 1.54) is 11.3 Å². The Morgan fingerprint density at radius 1 is 1.13 bits per heavy atom. The predicted molar refractivity (Wildman–Crippen MR) is 120 cm³/mol. The van der Waals surface area contributed by atoms with Gasteiger partial charge in [-0.25, -0.2) is 0 Å². The summed E-state index contributed by atoms with van der Waals surface area (Å²) in [5.41, 5.74) is 0.876. The van der Waals surface area contributed by atoms with E-state index >= 15 is 0 Å². The lowest BCUT2D eigenvalue weighted by Crippen LogP contribution is -2.37. The van der Waals surface area contributed by atoms with Crippen LogP contribution in [0.5, 0.6) is 17.2 Å². The third-order valence-electron chi connectivity index (χ3n) is 5.48. The molecule has 3 rings (SSSR count). The zero-order valence-corrected chi connectivity index (χ0v) is 19.5. The Kier molecular flexibility index (Phi) is 7.43. The van der Waals surface area contributed by atoms with Gasteiger partial charge in [0.1, 0.15) is 0 Å². The number of ether oxygens (including phenoxy) is 3. The monoisotopic (exact) mass is 446 g/mol. The topological polar surface area (TPSA) is 77.1 Å². The first-order valence-electron chi connectivity index (χ1n) is 10.3. The number of amides is 2. The Morgan fingerprint density at radius 3 is 2.32 bits per heavy atom. The SMILES string of the molecule is COc1cc([C@@H]2CN(C(=O)c3cccs3)C[C@H]2C(=O)NCC(C)C)cc(OC)c1OC. The molecule has 1 aromatic heterocycles. The molecule has 1 aliphatic heterocycles. The van der Waals surface area contributed by atoms with Crippen LogP contribution in [0.2, 0.25) is 0 Å². The molecule has 1 saturated heterocycles. The van der Waals surface area contributed by atoms with Gasteiger partial charge in [0.15, 0.2) is 11.5 Å². The summed E-state index contributed by atoms with van der Waals surface area (Å²) in [6, 6.07) is 7.41. The second-order valence-electron chi connectivity index (χ2n) is 8.00. The maximum Gasteiger partial charge on any atom is 0.263 e. The van der Waals surface area contributed by atoms with Gasteiger partial charge in [-0.3, -0.25) is 9.59 Å². The number of likely N-dealkylation sites (tertiary alicyclic amines) is 1. The van der Waals surface area contributed by atoms with Crippen LogP contribution < -0.4 is 19.5 Å². The van der Waals surface area contributed by atoms with Gasteiger partial charge in [0.25, 0.3) is 5.91 Å². The lowest BCUT2D eigenvalue weighted by Gasteiger charge is -2.21. The molecule has 2 aromatic rings. The van der Waals surface area contributed by atoms with Crippen molar-refractivity contribution in [2.45, 2.75) is 19.8 Å². The Balaban J connectivity index is 1.96. The molecule has 1 aliphatic rings. The second kappa shape index (κ2) is 10.0. The Bertz CT molecular complexity index is 888. The minimum atomic E-state index is -0.370. The summed E-state index contributed by atoms with van der Waals surface area (Å²) in [7, 11) is 4.68. The zero-order chi connectivity index (χ0) is 22.5. The van der Waals surface area contributed by atoms with E-state index in [2.05, 4.69) is 19.2 Å². The van der Waals surface area contributed by atoms with Crippen molar-refractivity contribution >= 4 is 23.2 Å². The molecule has 0 aliphatic carbocycles. The van der Waals surface area contributed by atoms with Gasteiger partial charge in [0, 0.05) is 25.6 Å². The van der Waals surface area contributed by atoms with Crippen LogP contribution in [0.1, 0.15) is 35.0 Å². The first kappa shape index (κ1) is 22.9. The molecule has 2 heterocycles. The summed E-state index contributed by atoms with van der Waals surface area (Å²) in [5.74, 6) is 1.24. The molecule has 7 nitrogen and oxygen atoms in total. The summed E-state index contributed by atoms with van der Waals surface area (Å²) in [6.45, 7) is 5.50. The van der Waals surface area contributed by atoms with Crippen molar-refractivity contribution in [3.8, 4) is 17.2 Å². The van der Waals surface area contributed by atoms with Gasteiger partial charge >= 0.3 is 0 Å². The molecule has 0 spiro atoms. The highest BCUT2D eigenvalue weighted by atomic mass is 32.1.